The first kappa shape index (κ1) is 12.3. The fourth-order valence-electron chi connectivity index (χ4n) is 1.70. The molecule has 2 rings (SSSR count). The Kier molecular flexibility index (Phi) is 3.14. The molecule has 0 aromatic carbocycles. The Morgan fingerprint density at radius 3 is 2.72 bits per heavy atom. The molecule has 2 heterocycles. The molecule has 0 bridgehead atoms. The minimum atomic E-state index is -1.07. The predicted octanol–water partition coefficient (Wildman–Crippen LogP) is 1.31. The Bertz CT molecular complexity index is 570. The minimum Gasteiger partial charge on any atom is -0.476 e. The molecule has 2 aromatic heterocycles. The summed E-state index contributed by atoms with van der Waals surface area (Å²) in [7, 11) is 0. The highest BCUT2D eigenvalue weighted by Crippen LogP contribution is 2.13. The smallest absolute Gasteiger partial charge is 0.358 e. The van der Waals surface area contributed by atoms with E-state index in [1.807, 2.05) is 27.0 Å². The summed E-state index contributed by atoms with van der Waals surface area (Å²) in [5.74, 6) is -0.484. The number of aromatic carboxylic acids is 1. The van der Waals surface area contributed by atoms with Crippen LogP contribution >= 0.6 is 0 Å². The number of carbonyl (C=O) groups is 1. The Morgan fingerprint density at radius 2 is 2.22 bits per heavy atom. The van der Waals surface area contributed by atoms with Crippen molar-refractivity contribution in [2.24, 2.45) is 0 Å². The van der Waals surface area contributed by atoms with Crippen LogP contribution in [0.2, 0.25) is 0 Å². The van der Waals surface area contributed by atoms with E-state index in [1.165, 1.54) is 4.68 Å². The highest BCUT2D eigenvalue weighted by Gasteiger charge is 2.19. The van der Waals surface area contributed by atoms with Crippen LogP contribution in [-0.2, 0) is 6.42 Å². The lowest BCUT2D eigenvalue weighted by molar-refractivity contribution is 0.0689. The van der Waals surface area contributed by atoms with Crippen LogP contribution in [0.3, 0.4) is 0 Å². The summed E-state index contributed by atoms with van der Waals surface area (Å²) in [6.07, 6.45) is 2.37. The summed E-state index contributed by atoms with van der Waals surface area (Å²) >= 11 is 0. The van der Waals surface area contributed by atoms with Gasteiger partial charge >= 0.3 is 5.97 Å². The number of hydrogen-bond donors (Lipinski definition) is 1. The highest BCUT2D eigenvalue weighted by atomic mass is 16.4. The highest BCUT2D eigenvalue weighted by molar-refractivity contribution is 5.86. The second-order valence-electron chi connectivity index (χ2n) is 4.20. The van der Waals surface area contributed by atoms with Crippen molar-refractivity contribution in [3.63, 3.8) is 0 Å². The Labute approximate surface area is 104 Å². The lowest BCUT2D eigenvalue weighted by Gasteiger charge is -2.04. The van der Waals surface area contributed by atoms with Crippen molar-refractivity contribution >= 4 is 5.97 Å². The van der Waals surface area contributed by atoms with Gasteiger partial charge in [-0.15, -0.1) is 5.10 Å². The van der Waals surface area contributed by atoms with Gasteiger partial charge in [0.2, 0.25) is 0 Å². The molecule has 18 heavy (non-hydrogen) atoms. The van der Waals surface area contributed by atoms with Crippen molar-refractivity contribution in [1.82, 2.24) is 24.8 Å². The van der Waals surface area contributed by atoms with Crippen LogP contribution in [0.1, 0.15) is 43.0 Å². The molecule has 0 spiro atoms. The van der Waals surface area contributed by atoms with E-state index in [0.29, 0.717) is 17.9 Å². The maximum atomic E-state index is 11.0. The summed E-state index contributed by atoms with van der Waals surface area (Å²) in [5, 5.41) is 20.9. The fraction of sp³-hybridized carbons (Fsp3) is 0.455. The lowest BCUT2D eigenvalue weighted by Crippen LogP contribution is -2.08. The SMILES string of the molecule is CCc1c(C(=O)O)nnn1-c1ccn(C(C)C)n1. The molecule has 0 saturated heterocycles. The van der Waals surface area contributed by atoms with Crippen molar-refractivity contribution in [3.05, 3.63) is 23.7 Å². The average Bonchev–Trinajstić information content (AvgIpc) is 2.94. The van der Waals surface area contributed by atoms with E-state index in [2.05, 4.69) is 15.4 Å². The maximum absolute atomic E-state index is 11.0. The van der Waals surface area contributed by atoms with E-state index in [-0.39, 0.29) is 11.7 Å². The van der Waals surface area contributed by atoms with Crippen molar-refractivity contribution in [2.75, 3.05) is 0 Å². The standard InChI is InChI=1S/C11H15N5O2/c1-4-8-10(11(17)18)12-14-16(8)9-5-6-15(13-9)7(2)3/h5-7H,4H2,1-3H3,(H,17,18). The van der Waals surface area contributed by atoms with E-state index in [0.717, 1.165) is 0 Å². The third-order valence-corrected chi connectivity index (χ3v) is 2.64. The zero-order valence-corrected chi connectivity index (χ0v) is 10.5. The summed E-state index contributed by atoms with van der Waals surface area (Å²) in [6.45, 7) is 5.89. The van der Waals surface area contributed by atoms with Gasteiger partial charge in [0.1, 0.15) is 0 Å². The minimum absolute atomic E-state index is 0.0170. The van der Waals surface area contributed by atoms with E-state index < -0.39 is 5.97 Å². The molecule has 0 atom stereocenters. The molecule has 7 heteroatoms. The Hall–Kier alpha value is -2.18. The monoisotopic (exact) mass is 249 g/mol. The van der Waals surface area contributed by atoms with Crippen LogP contribution in [0.15, 0.2) is 12.3 Å². The van der Waals surface area contributed by atoms with Crippen LogP contribution < -0.4 is 0 Å². The first-order chi connectivity index (χ1) is 8.54. The van der Waals surface area contributed by atoms with Crippen LogP contribution in [0.4, 0.5) is 0 Å². The van der Waals surface area contributed by atoms with Gasteiger partial charge in [-0.2, -0.15) is 9.78 Å². The number of carboxylic acid groups (broad SMARTS) is 1. The number of rotatable bonds is 4. The van der Waals surface area contributed by atoms with Crippen LogP contribution in [0.25, 0.3) is 5.82 Å². The van der Waals surface area contributed by atoms with Gasteiger partial charge in [-0.25, -0.2) is 4.79 Å². The van der Waals surface area contributed by atoms with E-state index >= 15 is 0 Å². The zero-order valence-electron chi connectivity index (χ0n) is 10.5. The second-order valence-corrected chi connectivity index (χ2v) is 4.20. The quantitative estimate of drug-likeness (QED) is 0.882. The largest absolute Gasteiger partial charge is 0.476 e. The van der Waals surface area contributed by atoms with Crippen LogP contribution in [-0.4, -0.2) is 35.9 Å². The first-order valence-corrected chi connectivity index (χ1v) is 5.78. The summed E-state index contributed by atoms with van der Waals surface area (Å²) in [5.41, 5.74) is 0.535. The Morgan fingerprint density at radius 1 is 1.50 bits per heavy atom. The van der Waals surface area contributed by atoms with Crippen LogP contribution in [0.5, 0.6) is 0 Å². The first-order valence-electron chi connectivity index (χ1n) is 5.78. The molecule has 7 nitrogen and oxygen atoms in total. The van der Waals surface area contributed by atoms with Crippen LogP contribution in [0, 0.1) is 0 Å². The normalized spacial score (nSPS) is 11.1. The molecule has 0 amide bonds. The van der Waals surface area contributed by atoms with Gasteiger partial charge in [0.05, 0.1) is 5.69 Å². The molecule has 0 saturated carbocycles. The maximum Gasteiger partial charge on any atom is 0.358 e. The van der Waals surface area contributed by atoms with Gasteiger partial charge in [-0.05, 0) is 20.3 Å². The molecule has 2 aromatic rings. The molecule has 0 unspecified atom stereocenters. The van der Waals surface area contributed by atoms with Crippen molar-refractivity contribution < 1.29 is 9.90 Å². The average molecular weight is 249 g/mol. The summed E-state index contributed by atoms with van der Waals surface area (Å²) in [6, 6.07) is 2.03. The van der Waals surface area contributed by atoms with Crippen molar-refractivity contribution in [2.45, 2.75) is 33.2 Å². The van der Waals surface area contributed by atoms with E-state index in [4.69, 9.17) is 5.11 Å². The molecule has 96 valence electrons. The molecule has 0 fully saturated rings. The number of hydrogen-bond acceptors (Lipinski definition) is 4. The van der Waals surface area contributed by atoms with E-state index in [9.17, 15) is 4.79 Å². The third-order valence-electron chi connectivity index (χ3n) is 2.64. The lowest BCUT2D eigenvalue weighted by atomic mass is 10.2. The second kappa shape index (κ2) is 4.59. The molecule has 0 radical (unpaired) electrons. The number of carboxylic acids is 1. The fourth-order valence-corrected chi connectivity index (χ4v) is 1.70. The van der Waals surface area contributed by atoms with Gasteiger partial charge in [0.15, 0.2) is 11.5 Å². The van der Waals surface area contributed by atoms with Gasteiger partial charge in [0, 0.05) is 18.3 Å². The summed E-state index contributed by atoms with van der Waals surface area (Å²) in [4.78, 5) is 11.0. The summed E-state index contributed by atoms with van der Waals surface area (Å²) < 4.78 is 3.26. The van der Waals surface area contributed by atoms with E-state index in [1.54, 1.807) is 10.7 Å². The van der Waals surface area contributed by atoms with Crippen molar-refractivity contribution in [1.29, 1.82) is 0 Å². The molecule has 0 aliphatic carbocycles. The number of nitrogens with zero attached hydrogens (tertiary/aromatic N) is 5. The van der Waals surface area contributed by atoms with Gasteiger partial charge in [-0.1, -0.05) is 12.1 Å². The molecule has 0 aliphatic rings. The molecular weight excluding hydrogens is 234 g/mol. The topological polar surface area (TPSA) is 85.8 Å². The molecule has 0 aliphatic heterocycles. The predicted molar refractivity (Wildman–Crippen MR) is 63.9 cm³/mol. The third kappa shape index (κ3) is 1.99. The zero-order chi connectivity index (χ0) is 13.3. The molecular formula is C11H15N5O2. The Balaban J connectivity index is 2.46. The molecule has 1 N–H and O–H groups in total. The number of aromatic nitrogens is 5. The van der Waals surface area contributed by atoms with Gasteiger partial charge in [0.25, 0.3) is 0 Å². The van der Waals surface area contributed by atoms with Gasteiger partial charge < -0.3 is 5.11 Å². The van der Waals surface area contributed by atoms with Crippen molar-refractivity contribution in [3.8, 4) is 5.82 Å². The van der Waals surface area contributed by atoms with Gasteiger partial charge in [-0.3, -0.25) is 4.68 Å².